The fourth-order valence-corrected chi connectivity index (χ4v) is 3.00. The molecule has 7 nitrogen and oxygen atoms in total. The predicted molar refractivity (Wildman–Crippen MR) is 108 cm³/mol. The van der Waals surface area contributed by atoms with Crippen LogP contribution in [-0.2, 0) is 26.1 Å². The van der Waals surface area contributed by atoms with Crippen molar-refractivity contribution in [2.24, 2.45) is 4.99 Å². The van der Waals surface area contributed by atoms with E-state index in [2.05, 4.69) is 36.0 Å². The quantitative estimate of drug-likeness (QED) is 0.424. The summed E-state index contributed by atoms with van der Waals surface area (Å²) in [6.07, 6.45) is 2.18. The molecule has 0 saturated heterocycles. The van der Waals surface area contributed by atoms with Gasteiger partial charge in [-0.15, -0.1) is 34.2 Å². The Morgan fingerprint density at radius 2 is 2.24 bits per heavy atom. The van der Waals surface area contributed by atoms with E-state index in [0.29, 0.717) is 6.54 Å². The van der Waals surface area contributed by atoms with Gasteiger partial charge in [-0.25, -0.2) is 0 Å². The summed E-state index contributed by atoms with van der Waals surface area (Å²) in [5.74, 6) is 3.75. The number of rotatable bonds is 5. The Hall–Kier alpha value is -1.84. The zero-order valence-electron chi connectivity index (χ0n) is 14.9. The van der Waals surface area contributed by atoms with Crippen LogP contribution in [0, 0.1) is 0 Å². The molecular weight excluding hydrogens is 431 g/mol. The Labute approximate surface area is 165 Å². The zero-order valence-corrected chi connectivity index (χ0v) is 17.2. The monoisotopic (exact) mass is 456 g/mol. The first kappa shape index (κ1) is 19.5. The molecule has 0 spiro atoms. The first-order valence-corrected chi connectivity index (χ1v) is 8.17. The second kappa shape index (κ2) is 9.02. The minimum absolute atomic E-state index is 0. The fraction of sp³-hybridized carbons (Fsp3) is 0.471. The van der Waals surface area contributed by atoms with Gasteiger partial charge in [-0.2, -0.15) is 0 Å². The molecule has 1 aromatic carbocycles. The molecule has 2 aromatic rings. The Morgan fingerprint density at radius 1 is 1.40 bits per heavy atom. The van der Waals surface area contributed by atoms with Gasteiger partial charge in [-0.3, -0.25) is 4.99 Å². The van der Waals surface area contributed by atoms with Gasteiger partial charge in [0.2, 0.25) is 0 Å². The van der Waals surface area contributed by atoms with Crippen molar-refractivity contribution in [1.29, 1.82) is 0 Å². The van der Waals surface area contributed by atoms with Crippen LogP contribution < -0.4 is 10.1 Å². The van der Waals surface area contributed by atoms with Gasteiger partial charge < -0.3 is 19.5 Å². The number of hydrogen-bond donors (Lipinski definition) is 1. The topological polar surface area (TPSA) is 67.6 Å². The number of halogens is 1. The second-order valence-electron chi connectivity index (χ2n) is 5.90. The standard InChI is InChI=1S/C17H24N6O.HI/c1-18-17(19-11-16-21-20-15-8-5-9-23(15)16)22(2)12-13-6-4-7-14(10-13)24-3;/h4,6-7,10H,5,8-9,11-12H2,1-3H3,(H,18,19);1H. The molecule has 0 aliphatic carbocycles. The van der Waals surface area contributed by atoms with Crippen molar-refractivity contribution in [3.05, 3.63) is 41.5 Å². The summed E-state index contributed by atoms with van der Waals surface area (Å²) >= 11 is 0. The van der Waals surface area contributed by atoms with E-state index in [-0.39, 0.29) is 24.0 Å². The van der Waals surface area contributed by atoms with Gasteiger partial charge in [-0.05, 0) is 24.1 Å². The van der Waals surface area contributed by atoms with Crippen molar-refractivity contribution in [1.82, 2.24) is 25.0 Å². The molecule has 8 heteroatoms. The van der Waals surface area contributed by atoms with Crippen LogP contribution in [0.1, 0.15) is 23.6 Å². The molecule has 1 N–H and O–H groups in total. The molecule has 3 rings (SSSR count). The third kappa shape index (κ3) is 4.62. The Bertz CT molecular complexity index is 730. The van der Waals surface area contributed by atoms with Crippen LogP contribution in [0.5, 0.6) is 5.75 Å². The lowest BCUT2D eigenvalue weighted by Crippen LogP contribution is -2.38. The number of nitrogens with one attached hydrogen (secondary N) is 1. The van der Waals surface area contributed by atoms with E-state index in [1.807, 2.05) is 25.2 Å². The smallest absolute Gasteiger partial charge is 0.194 e. The molecule has 25 heavy (non-hydrogen) atoms. The summed E-state index contributed by atoms with van der Waals surface area (Å²) in [6, 6.07) is 8.06. The zero-order chi connectivity index (χ0) is 16.9. The summed E-state index contributed by atoms with van der Waals surface area (Å²) in [7, 11) is 5.49. The SMILES string of the molecule is CN=C(NCc1nnc2n1CCC2)N(C)Cc1cccc(OC)c1.I. The highest BCUT2D eigenvalue weighted by Crippen LogP contribution is 2.15. The van der Waals surface area contributed by atoms with Crippen LogP contribution in [0.25, 0.3) is 0 Å². The first-order chi connectivity index (χ1) is 11.7. The lowest BCUT2D eigenvalue weighted by atomic mass is 10.2. The largest absolute Gasteiger partial charge is 0.497 e. The number of hydrogen-bond acceptors (Lipinski definition) is 4. The van der Waals surface area contributed by atoms with E-state index in [0.717, 1.165) is 49.3 Å². The molecule has 136 valence electrons. The molecule has 0 radical (unpaired) electrons. The highest BCUT2D eigenvalue weighted by molar-refractivity contribution is 14.0. The highest BCUT2D eigenvalue weighted by atomic mass is 127. The molecule has 1 aliphatic rings. The number of guanidine groups is 1. The number of nitrogens with zero attached hydrogens (tertiary/aromatic N) is 5. The van der Waals surface area contributed by atoms with Gasteiger partial charge in [0.05, 0.1) is 13.7 Å². The van der Waals surface area contributed by atoms with E-state index in [1.54, 1.807) is 14.2 Å². The van der Waals surface area contributed by atoms with Crippen molar-refractivity contribution >= 4 is 29.9 Å². The number of aliphatic imine (C=N–C) groups is 1. The van der Waals surface area contributed by atoms with Crippen molar-refractivity contribution in [2.75, 3.05) is 21.2 Å². The van der Waals surface area contributed by atoms with E-state index >= 15 is 0 Å². The minimum Gasteiger partial charge on any atom is -0.497 e. The number of methoxy groups -OCH3 is 1. The number of benzene rings is 1. The maximum atomic E-state index is 5.28. The predicted octanol–water partition coefficient (Wildman–Crippen LogP) is 2.06. The average Bonchev–Trinajstić information content (AvgIpc) is 3.20. The van der Waals surface area contributed by atoms with E-state index in [4.69, 9.17) is 4.74 Å². The van der Waals surface area contributed by atoms with E-state index < -0.39 is 0 Å². The Balaban J connectivity index is 0.00000225. The van der Waals surface area contributed by atoms with Crippen LogP contribution >= 0.6 is 24.0 Å². The number of aryl methyl sites for hydroxylation is 1. The van der Waals surface area contributed by atoms with Gasteiger partial charge in [0, 0.05) is 33.6 Å². The summed E-state index contributed by atoms with van der Waals surface area (Å²) in [4.78, 5) is 6.44. The van der Waals surface area contributed by atoms with Crippen LogP contribution in [0.2, 0.25) is 0 Å². The van der Waals surface area contributed by atoms with Gasteiger partial charge >= 0.3 is 0 Å². The fourth-order valence-electron chi connectivity index (χ4n) is 3.00. The molecule has 2 heterocycles. The van der Waals surface area contributed by atoms with Gasteiger partial charge in [-0.1, -0.05) is 12.1 Å². The molecule has 1 aliphatic heterocycles. The van der Waals surface area contributed by atoms with Crippen molar-refractivity contribution in [3.63, 3.8) is 0 Å². The molecular formula is C17H25IN6O. The van der Waals surface area contributed by atoms with Gasteiger partial charge in [0.15, 0.2) is 11.8 Å². The lowest BCUT2D eigenvalue weighted by Gasteiger charge is -2.22. The summed E-state index contributed by atoms with van der Waals surface area (Å²) in [6.45, 7) is 2.38. The molecule has 0 fully saturated rings. The average molecular weight is 456 g/mol. The summed E-state index contributed by atoms with van der Waals surface area (Å²) in [5, 5.41) is 11.9. The van der Waals surface area contributed by atoms with E-state index in [1.165, 1.54) is 5.56 Å². The minimum atomic E-state index is 0. The van der Waals surface area contributed by atoms with Gasteiger partial charge in [0.25, 0.3) is 0 Å². The van der Waals surface area contributed by atoms with Crippen LogP contribution in [0.4, 0.5) is 0 Å². The van der Waals surface area contributed by atoms with Crippen molar-refractivity contribution in [3.8, 4) is 5.75 Å². The molecule has 0 bridgehead atoms. The van der Waals surface area contributed by atoms with Crippen molar-refractivity contribution in [2.45, 2.75) is 32.5 Å². The molecule has 0 saturated carbocycles. The second-order valence-corrected chi connectivity index (χ2v) is 5.90. The third-order valence-electron chi connectivity index (χ3n) is 4.22. The maximum Gasteiger partial charge on any atom is 0.194 e. The molecule has 0 amide bonds. The number of ether oxygens (including phenoxy) is 1. The molecule has 0 atom stereocenters. The Kier molecular flexibility index (Phi) is 7.03. The molecule has 0 unspecified atom stereocenters. The lowest BCUT2D eigenvalue weighted by molar-refractivity contribution is 0.412. The first-order valence-electron chi connectivity index (χ1n) is 8.17. The third-order valence-corrected chi connectivity index (χ3v) is 4.22. The number of fused-ring (bicyclic) bond motifs is 1. The molecule has 1 aromatic heterocycles. The Morgan fingerprint density at radius 3 is 3.00 bits per heavy atom. The maximum absolute atomic E-state index is 5.28. The van der Waals surface area contributed by atoms with Crippen LogP contribution in [-0.4, -0.2) is 46.8 Å². The van der Waals surface area contributed by atoms with Crippen LogP contribution in [0.15, 0.2) is 29.3 Å². The normalized spacial score (nSPS) is 13.2. The van der Waals surface area contributed by atoms with Crippen LogP contribution in [0.3, 0.4) is 0 Å². The van der Waals surface area contributed by atoms with Gasteiger partial charge in [0.1, 0.15) is 11.6 Å². The summed E-state index contributed by atoms with van der Waals surface area (Å²) < 4.78 is 7.48. The van der Waals surface area contributed by atoms with E-state index in [9.17, 15) is 0 Å². The number of aromatic nitrogens is 3. The van der Waals surface area contributed by atoms with Crippen molar-refractivity contribution < 1.29 is 4.74 Å². The summed E-state index contributed by atoms with van der Waals surface area (Å²) in [5.41, 5.74) is 1.17. The highest BCUT2D eigenvalue weighted by Gasteiger charge is 2.17.